The Morgan fingerprint density at radius 1 is 0.821 bits per heavy atom. The quantitative estimate of drug-likeness (QED) is 0.295. The van der Waals surface area contributed by atoms with E-state index in [1.807, 2.05) is 0 Å². The number of aliphatic hydroxyl groups excluding tert-OH is 2. The van der Waals surface area contributed by atoms with Crippen LogP contribution >= 0.6 is 0 Å². The number of carbonyl (C=O) groups is 2. The van der Waals surface area contributed by atoms with Crippen molar-refractivity contribution in [3.8, 4) is 0 Å². The van der Waals surface area contributed by atoms with E-state index in [2.05, 4.69) is 15.5 Å². The number of unbranched alkanes of at least 4 members (excludes halogenated alkanes) is 3. The average Bonchev–Trinajstić information content (AvgIpc) is 2.71. The number of piperidine rings is 1. The molecule has 7 nitrogen and oxygen atoms in total. The van der Waals surface area contributed by atoms with Crippen molar-refractivity contribution in [3.63, 3.8) is 0 Å². The molecule has 0 saturated carbocycles. The van der Waals surface area contributed by atoms with Gasteiger partial charge in [0, 0.05) is 25.9 Å². The van der Waals surface area contributed by atoms with Gasteiger partial charge < -0.3 is 25.7 Å². The SMILES string of the molecule is O=C(CCCCCN1CCCCC1)NCCCC(=O)NCCCCC(O)CO. The van der Waals surface area contributed by atoms with E-state index in [9.17, 15) is 14.7 Å². The summed E-state index contributed by atoms with van der Waals surface area (Å²) in [6.45, 7) is 4.56. The van der Waals surface area contributed by atoms with Crippen molar-refractivity contribution in [3.05, 3.63) is 0 Å². The van der Waals surface area contributed by atoms with Gasteiger partial charge in [-0.05, 0) is 71.0 Å². The van der Waals surface area contributed by atoms with E-state index in [4.69, 9.17) is 5.11 Å². The largest absolute Gasteiger partial charge is 0.394 e. The maximum atomic E-state index is 11.8. The van der Waals surface area contributed by atoms with Crippen molar-refractivity contribution >= 4 is 11.8 Å². The van der Waals surface area contributed by atoms with E-state index < -0.39 is 6.10 Å². The molecule has 28 heavy (non-hydrogen) atoms. The highest BCUT2D eigenvalue weighted by Gasteiger charge is 2.09. The minimum absolute atomic E-state index is 0.00494. The molecule has 164 valence electrons. The van der Waals surface area contributed by atoms with Gasteiger partial charge in [-0.15, -0.1) is 0 Å². The standard InChI is InChI=1S/C21H41N3O4/c25-18-19(26)10-4-5-13-22-21(28)12-9-14-23-20(27)11-3-1-6-15-24-16-7-2-8-17-24/h19,25-26H,1-18H2,(H,22,28)(H,23,27). The summed E-state index contributed by atoms with van der Waals surface area (Å²) in [5.74, 6) is 0.0792. The highest BCUT2D eigenvalue weighted by molar-refractivity contribution is 5.77. The van der Waals surface area contributed by atoms with Crippen LogP contribution in [0.3, 0.4) is 0 Å². The number of aliphatic hydroxyl groups is 2. The topological polar surface area (TPSA) is 102 Å². The zero-order valence-corrected chi connectivity index (χ0v) is 17.5. The van der Waals surface area contributed by atoms with Crippen LogP contribution in [0.1, 0.15) is 77.0 Å². The Bertz CT molecular complexity index is 414. The molecule has 1 saturated heterocycles. The molecule has 1 aliphatic rings. The first-order chi connectivity index (χ1) is 13.6. The lowest BCUT2D eigenvalue weighted by Crippen LogP contribution is -2.30. The fraction of sp³-hybridized carbons (Fsp3) is 0.905. The van der Waals surface area contributed by atoms with E-state index in [0.717, 1.165) is 25.7 Å². The second kappa shape index (κ2) is 16.7. The summed E-state index contributed by atoms with van der Waals surface area (Å²) < 4.78 is 0. The molecule has 0 spiro atoms. The number of rotatable bonds is 16. The highest BCUT2D eigenvalue weighted by Crippen LogP contribution is 2.10. The smallest absolute Gasteiger partial charge is 0.220 e. The van der Waals surface area contributed by atoms with Crippen molar-refractivity contribution in [1.82, 2.24) is 15.5 Å². The summed E-state index contributed by atoms with van der Waals surface area (Å²) in [4.78, 5) is 26.0. The fourth-order valence-electron chi connectivity index (χ4n) is 3.46. The van der Waals surface area contributed by atoms with Crippen molar-refractivity contribution < 1.29 is 19.8 Å². The van der Waals surface area contributed by atoms with Crippen molar-refractivity contribution in [2.45, 2.75) is 83.2 Å². The number of nitrogens with zero attached hydrogens (tertiary/aromatic N) is 1. The summed E-state index contributed by atoms with van der Waals surface area (Å²) in [5.41, 5.74) is 0. The predicted molar refractivity (Wildman–Crippen MR) is 111 cm³/mol. The van der Waals surface area contributed by atoms with Gasteiger partial charge >= 0.3 is 0 Å². The molecule has 0 aliphatic carbocycles. The number of amides is 2. The van der Waals surface area contributed by atoms with Gasteiger partial charge in [0.15, 0.2) is 0 Å². The van der Waals surface area contributed by atoms with E-state index >= 15 is 0 Å². The molecule has 1 atom stereocenters. The first kappa shape index (κ1) is 24.9. The summed E-state index contributed by atoms with van der Waals surface area (Å²) in [5, 5.41) is 23.7. The van der Waals surface area contributed by atoms with Crippen LogP contribution in [0.25, 0.3) is 0 Å². The lowest BCUT2D eigenvalue weighted by molar-refractivity contribution is -0.123. The van der Waals surface area contributed by atoms with Gasteiger partial charge in [0.05, 0.1) is 12.7 Å². The van der Waals surface area contributed by atoms with E-state index in [1.54, 1.807) is 0 Å². The molecule has 0 bridgehead atoms. The Kier molecular flexibility index (Phi) is 14.9. The van der Waals surface area contributed by atoms with Gasteiger partial charge in [0.1, 0.15) is 0 Å². The number of hydrogen-bond donors (Lipinski definition) is 4. The van der Waals surface area contributed by atoms with Crippen LogP contribution in [0.15, 0.2) is 0 Å². The van der Waals surface area contributed by atoms with E-state index in [-0.39, 0.29) is 18.4 Å². The van der Waals surface area contributed by atoms with Crippen LogP contribution in [-0.2, 0) is 9.59 Å². The molecule has 1 unspecified atom stereocenters. The molecule has 0 aromatic carbocycles. The number of carbonyl (C=O) groups excluding carboxylic acids is 2. The molecule has 4 N–H and O–H groups in total. The second-order valence-electron chi connectivity index (χ2n) is 7.85. The van der Waals surface area contributed by atoms with Crippen molar-refractivity contribution in [2.75, 3.05) is 39.3 Å². The monoisotopic (exact) mass is 399 g/mol. The molecule has 1 fully saturated rings. The fourth-order valence-corrected chi connectivity index (χ4v) is 3.46. The molecule has 0 aromatic heterocycles. The van der Waals surface area contributed by atoms with Gasteiger partial charge in [-0.3, -0.25) is 9.59 Å². The maximum Gasteiger partial charge on any atom is 0.220 e. The summed E-state index contributed by atoms with van der Waals surface area (Å²) in [7, 11) is 0. The maximum absolute atomic E-state index is 11.8. The summed E-state index contributed by atoms with van der Waals surface area (Å²) in [6.07, 6.45) is 10.3. The van der Waals surface area contributed by atoms with Gasteiger partial charge in [-0.2, -0.15) is 0 Å². The average molecular weight is 400 g/mol. The molecular weight excluding hydrogens is 358 g/mol. The van der Waals surface area contributed by atoms with Crippen LogP contribution in [-0.4, -0.2) is 72.4 Å². The number of hydrogen-bond acceptors (Lipinski definition) is 5. The molecule has 0 radical (unpaired) electrons. The van der Waals surface area contributed by atoms with Crippen LogP contribution in [0.4, 0.5) is 0 Å². The van der Waals surface area contributed by atoms with Crippen LogP contribution in [0.2, 0.25) is 0 Å². The van der Waals surface area contributed by atoms with E-state index in [1.165, 1.54) is 45.3 Å². The number of nitrogens with one attached hydrogen (secondary N) is 2. The van der Waals surface area contributed by atoms with Gasteiger partial charge in [-0.25, -0.2) is 0 Å². The lowest BCUT2D eigenvalue weighted by atomic mass is 10.1. The van der Waals surface area contributed by atoms with Crippen LogP contribution in [0, 0.1) is 0 Å². The molecule has 1 heterocycles. The molecule has 0 aromatic rings. The lowest BCUT2D eigenvalue weighted by Gasteiger charge is -2.26. The molecule has 1 rings (SSSR count). The highest BCUT2D eigenvalue weighted by atomic mass is 16.3. The van der Waals surface area contributed by atoms with Crippen LogP contribution in [0.5, 0.6) is 0 Å². The summed E-state index contributed by atoms with van der Waals surface area (Å²) in [6, 6.07) is 0. The zero-order valence-electron chi connectivity index (χ0n) is 17.5. The Morgan fingerprint density at radius 2 is 1.46 bits per heavy atom. The Hall–Kier alpha value is -1.18. The minimum Gasteiger partial charge on any atom is -0.394 e. The first-order valence-corrected chi connectivity index (χ1v) is 11.2. The molecule has 2 amide bonds. The van der Waals surface area contributed by atoms with Gasteiger partial charge in [0.25, 0.3) is 0 Å². The Balaban J connectivity index is 1.85. The van der Waals surface area contributed by atoms with Crippen molar-refractivity contribution in [2.24, 2.45) is 0 Å². The Labute approximate surface area is 170 Å². The first-order valence-electron chi connectivity index (χ1n) is 11.2. The third-order valence-corrected chi connectivity index (χ3v) is 5.23. The summed E-state index contributed by atoms with van der Waals surface area (Å²) >= 11 is 0. The third kappa shape index (κ3) is 13.9. The molecule has 1 aliphatic heterocycles. The van der Waals surface area contributed by atoms with E-state index in [0.29, 0.717) is 38.8 Å². The normalized spacial score (nSPS) is 15.9. The van der Waals surface area contributed by atoms with Gasteiger partial charge in [0.2, 0.25) is 11.8 Å². The zero-order chi connectivity index (χ0) is 20.5. The van der Waals surface area contributed by atoms with Gasteiger partial charge in [-0.1, -0.05) is 12.8 Å². The molecule has 7 heteroatoms. The third-order valence-electron chi connectivity index (χ3n) is 5.23. The second-order valence-corrected chi connectivity index (χ2v) is 7.85. The van der Waals surface area contributed by atoms with Crippen LogP contribution < -0.4 is 10.6 Å². The minimum atomic E-state index is -0.658. The molecular formula is C21H41N3O4. The number of likely N-dealkylation sites (tertiary alicyclic amines) is 1. The van der Waals surface area contributed by atoms with Crippen molar-refractivity contribution in [1.29, 1.82) is 0 Å². The predicted octanol–water partition coefficient (Wildman–Crippen LogP) is 1.57. The Morgan fingerprint density at radius 3 is 2.14 bits per heavy atom.